The minimum absolute atomic E-state index is 0.0732. The maximum Gasteiger partial charge on any atom is 0.296 e. The van der Waals surface area contributed by atoms with Gasteiger partial charge in [0.15, 0.2) is 5.15 Å². The van der Waals surface area contributed by atoms with Gasteiger partial charge >= 0.3 is 0 Å². The van der Waals surface area contributed by atoms with Gasteiger partial charge in [-0.25, -0.2) is 27.5 Å². The minimum atomic E-state index is -4.34. The zero-order valence-corrected chi connectivity index (χ0v) is 25.1. The summed E-state index contributed by atoms with van der Waals surface area (Å²) >= 11 is 6.35. The summed E-state index contributed by atoms with van der Waals surface area (Å²) in [6.45, 7) is 2.72. The first-order valence-corrected chi connectivity index (χ1v) is 15.0. The zero-order valence-electron chi connectivity index (χ0n) is 23.5. The molecule has 2 heterocycles. The van der Waals surface area contributed by atoms with Crippen molar-refractivity contribution in [3.8, 4) is 11.4 Å². The Hall–Kier alpha value is -4.94. The number of anilines is 1. The molecule has 11 nitrogen and oxygen atoms in total. The molecule has 13 heteroatoms. The van der Waals surface area contributed by atoms with Crippen LogP contribution in [-0.2, 0) is 21.9 Å². The number of amides is 1. The van der Waals surface area contributed by atoms with E-state index in [1.807, 2.05) is 36.4 Å². The Kier molecular flexibility index (Phi) is 8.33. The van der Waals surface area contributed by atoms with Crippen molar-refractivity contribution in [2.75, 3.05) is 10.8 Å². The van der Waals surface area contributed by atoms with E-state index < -0.39 is 28.0 Å². The average molecular weight is 618 g/mol. The van der Waals surface area contributed by atoms with Crippen LogP contribution in [0.1, 0.15) is 17.0 Å². The van der Waals surface area contributed by atoms with Crippen LogP contribution in [0.15, 0.2) is 106 Å². The summed E-state index contributed by atoms with van der Waals surface area (Å²) in [6, 6.07) is 25.8. The second kappa shape index (κ2) is 12.1. The van der Waals surface area contributed by atoms with Crippen molar-refractivity contribution in [2.45, 2.75) is 18.7 Å². The van der Waals surface area contributed by atoms with Gasteiger partial charge in [0, 0.05) is 7.05 Å². The number of nitrogens with one attached hydrogen (secondary N) is 1. The Morgan fingerprint density at radius 3 is 2.09 bits per heavy atom. The number of carbonyl (C=O) groups is 1. The van der Waals surface area contributed by atoms with Crippen LogP contribution in [0.25, 0.3) is 11.4 Å². The largest absolute Gasteiger partial charge is 0.296 e. The number of para-hydroxylation sites is 2. The molecule has 220 valence electrons. The Balaban J connectivity index is 1.48. The van der Waals surface area contributed by atoms with Crippen molar-refractivity contribution in [2.24, 2.45) is 12.1 Å². The van der Waals surface area contributed by atoms with E-state index in [-0.39, 0.29) is 15.7 Å². The highest BCUT2D eigenvalue weighted by Gasteiger charge is 2.33. The third-order valence-electron chi connectivity index (χ3n) is 6.89. The van der Waals surface area contributed by atoms with E-state index in [9.17, 15) is 18.0 Å². The van der Waals surface area contributed by atoms with E-state index in [1.165, 1.54) is 23.0 Å². The predicted molar refractivity (Wildman–Crippen MR) is 166 cm³/mol. The number of nitrogens with zero attached hydrogens (tertiary/aromatic N) is 6. The molecule has 0 saturated carbocycles. The molecule has 0 fully saturated rings. The van der Waals surface area contributed by atoms with Crippen LogP contribution >= 0.6 is 11.6 Å². The van der Waals surface area contributed by atoms with Crippen molar-refractivity contribution in [1.82, 2.24) is 24.6 Å². The first-order valence-electron chi connectivity index (χ1n) is 13.2. The van der Waals surface area contributed by atoms with Gasteiger partial charge in [-0.3, -0.25) is 14.3 Å². The Labute approximate surface area is 253 Å². The molecule has 1 amide bonds. The number of halogens is 1. The molecule has 3 aromatic carbocycles. The van der Waals surface area contributed by atoms with E-state index in [1.54, 1.807) is 72.7 Å². The van der Waals surface area contributed by atoms with Gasteiger partial charge in [0.1, 0.15) is 12.2 Å². The van der Waals surface area contributed by atoms with E-state index in [2.05, 4.69) is 15.6 Å². The lowest BCUT2D eigenvalue weighted by atomic mass is 10.2. The van der Waals surface area contributed by atoms with Crippen molar-refractivity contribution >= 4 is 39.4 Å². The molecule has 0 aliphatic rings. The second-order valence-corrected chi connectivity index (χ2v) is 11.8. The van der Waals surface area contributed by atoms with Crippen LogP contribution in [0.2, 0.25) is 5.15 Å². The smallest absolute Gasteiger partial charge is 0.283 e. The number of carbonyl (C=O) groups excluding carboxylic acids is 1. The summed E-state index contributed by atoms with van der Waals surface area (Å²) in [5.74, 6) is -0.770. The zero-order chi connectivity index (χ0) is 30.7. The molecule has 43 heavy (non-hydrogen) atoms. The van der Waals surface area contributed by atoms with E-state index in [0.717, 1.165) is 9.99 Å². The topological polar surface area (TPSA) is 124 Å². The highest BCUT2D eigenvalue weighted by Crippen LogP contribution is 2.25. The Morgan fingerprint density at radius 1 is 0.930 bits per heavy atom. The maximum absolute atomic E-state index is 13.9. The lowest BCUT2D eigenvalue weighted by Gasteiger charge is -2.22. The number of hydrogen-bond acceptors (Lipinski definition) is 6. The molecule has 0 saturated heterocycles. The van der Waals surface area contributed by atoms with Gasteiger partial charge in [-0.2, -0.15) is 10.2 Å². The monoisotopic (exact) mass is 617 g/mol. The fourth-order valence-electron chi connectivity index (χ4n) is 4.63. The van der Waals surface area contributed by atoms with Gasteiger partial charge in [-0.1, -0.05) is 66.2 Å². The summed E-state index contributed by atoms with van der Waals surface area (Å²) in [5.41, 5.74) is 4.46. The first-order chi connectivity index (χ1) is 20.6. The average Bonchev–Trinajstić information content (AvgIpc) is 3.42. The van der Waals surface area contributed by atoms with E-state index in [4.69, 9.17) is 11.6 Å². The molecule has 2 aromatic heterocycles. The summed E-state index contributed by atoms with van der Waals surface area (Å²) < 4.78 is 33.1. The van der Waals surface area contributed by atoms with Gasteiger partial charge in [-0.05, 0) is 50.2 Å². The predicted octanol–water partition coefficient (Wildman–Crippen LogP) is 3.98. The van der Waals surface area contributed by atoms with Crippen LogP contribution in [0, 0.1) is 13.8 Å². The SMILES string of the molecule is Cc1c(/C=N\NC(=O)CN(c2c(C)n(C)n(-c3ccccc3)c2=O)S(=O)(=O)c2ccccc2)c(Cl)nn1-c1ccccc1. The van der Waals surface area contributed by atoms with Gasteiger partial charge in [0.2, 0.25) is 0 Å². The molecule has 0 spiro atoms. The van der Waals surface area contributed by atoms with Crippen LogP contribution < -0.4 is 15.3 Å². The summed E-state index contributed by atoms with van der Waals surface area (Å²) in [4.78, 5) is 26.9. The van der Waals surface area contributed by atoms with Crippen LogP contribution in [-0.4, -0.2) is 46.2 Å². The Bertz CT molecular complexity index is 1970. The number of aromatic nitrogens is 4. The van der Waals surface area contributed by atoms with E-state index in [0.29, 0.717) is 22.6 Å². The highest BCUT2D eigenvalue weighted by atomic mass is 35.5. The second-order valence-electron chi connectivity index (χ2n) is 9.57. The highest BCUT2D eigenvalue weighted by molar-refractivity contribution is 7.92. The number of hydrogen-bond donors (Lipinski definition) is 1. The molecule has 5 rings (SSSR count). The van der Waals surface area contributed by atoms with Gasteiger partial charge < -0.3 is 0 Å². The van der Waals surface area contributed by atoms with Crippen LogP contribution in [0.3, 0.4) is 0 Å². The van der Waals surface area contributed by atoms with Crippen molar-refractivity contribution < 1.29 is 13.2 Å². The maximum atomic E-state index is 13.9. The number of rotatable bonds is 9. The normalized spacial score (nSPS) is 11.6. The third-order valence-corrected chi connectivity index (χ3v) is 8.93. The molecule has 5 aromatic rings. The van der Waals surface area contributed by atoms with E-state index >= 15 is 0 Å². The fraction of sp³-hybridized carbons (Fsp3) is 0.133. The quantitative estimate of drug-likeness (QED) is 0.198. The van der Waals surface area contributed by atoms with Gasteiger partial charge in [0.25, 0.3) is 21.5 Å². The molecular weight excluding hydrogens is 590 g/mol. The Morgan fingerprint density at radius 2 is 1.49 bits per heavy atom. The fourth-order valence-corrected chi connectivity index (χ4v) is 6.38. The molecule has 0 radical (unpaired) electrons. The van der Waals surface area contributed by atoms with Crippen molar-refractivity contribution in [1.29, 1.82) is 0 Å². The molecule has 1 N–H and O–H groups in total. The summed E-state index contributed by atoms with van der Waals surface area (Å²) in [6.07, 6.45) is 1.34. The van der Waals surface area contributed by atoms with Gasteiger partial charge in [0.05, 0.1) is 39.4 Å². The number of benzene rings is 3. The molecule has 0 bridgehead atoms. The van der Waals surface area contributed by atoms with Crippen LogP contribution in [0.5, 0.6) is 0 Å². The third kappa shape index (κ3) is 5.74. The van der Waals surface area contributed by atoms with Crippen LogP contribution in [0.4, 0.5) is 5.69 Å². The van der Waals surface area contributed by atoms with Crippen molar-refractivity contribution in [3.05, 3.63) is 123 Å². The lowest BCUT2D eigenvalue weighted by Crippen LogP contribution is -2.42. The number of sulfonamides is 1. The molecule has 0 atom stereocenters. The molecular formula is C30H28ClN7O4S. The molecule has 0 aliphatic heterocycles. The first kappa shape index (κ1) is 29.5. The lowest BCUT2D eigenvalue weighted by molar-refractivity contribution is -0.119. The van der Waals surface area contributed by atoms with Crippen molar-refractivity contribution in [3.63, 3.8) is 0 Å². The summed E-state index contributed by atoms with van der Waals surface area (Å²) in [7, 11) is -2.69. The molecule has 0 aliphatic carbocycles. The summed E-state index contributed by atoms with van der Waals surface area (Å²) in [5, 5.41) is 8.53. The van der Waals surface area contributed by atoms with Gasteiger partial charge in [-0.15, -0.1) is 0 Å². The number of hydrazone groups is 1. The molecule has 0 unspecified atom stereocenters. The minimum Gasteiger partial charge on any atom is -0.283 e. The standard InChI is InChI=1S/C30H28ClN7O4S/c1-21-26(29(31)34-37(21)23-13-7-4-8-14-23)19-32-33-27(39)20-36(43(41,42)25-17-11-6-12-18-25)28-22(2)35(3)38(30(28)40)24-15-9-5-10-16-24/h4-19H,20H2,1-3H3,(H,33,39)/b32-19-.